The number of nitrogens with one attached hydrogen (secondary N) is 2. The second-order valence-electron chi connectivity index (χ2n) is 6.54. The van der Waals surface area contributed by atoms with Gasteiger partial charge in [-0.25, -0.2) is 14.4 Å². The van der Waals surface area contributed by atoms with E-state index in [2.05, 4.69) is 20.6 Å². The lowest BCUT2D eigenvalue weighted by atomic mass is 10.1. The first-order valence-electron chi connectivity index (χ1n) is 9.17. The van der Waals surface area contributed by atoms with E-state index in [1.54, 1.807) is 55.5 Å². The molecule has 0 spiro atoms. The van der Waals surface area contributed by atoms with Crippen LogP contribution in [-0.4, -0.2) is 28.2 Å². The zero-order chi connectivity index (χ0) is 20.8. The topological polar surface area (TPSA) is 84.0 Å². The van der Waals surface area contributed by atoms with Gasteiger partial charge in [0.15, 0.2) is 5.78 Å². The van der Waals surface area contributed by atoms with E-state index in [9.17, 15) is 14.0 Å². The molecule has 1 aromatic heterocycles. The van der Waals surface area contributed by atoms with Crippen LogP contribution in [0.15, 0.2) is 54.6 Å². The maximum atomic E-state index is 13.7. The molecular weight excluding hydrogens is 371 g/mol. The highest BCUT2D eigenvalue weighted by Gasteiger charge is 2.12. The Kier molecular flexibility index (Phi) is 6.29. The van der Waals surface area contributed by atoms with E-state index in [1.807, 2.05) is 0 Å². The summed E-state index contributed by atoms with van der Waals surface area (Å²) in [5, 5.41) is 5.84. The maximum absolute atomic E-state index is 13.7. The number of aryl methyl sites for hydroxylation is 1. The van der Waals surface area contributed by atoms with E-state index in [4.69, 9.17) is 0 Å². The maximum Gasteiger partial charge on any atom is 0.274 e. The molecule has 0 fully saturated rings. The number of amides is 1. The number of carbonyl (C=O) groups excluding carboxylic acids is 2. The Bertz CT molecular complexity index is 1050. The fourth-order valence-corrected chi connectivity index (χ4v) is 2.81. The van der Waals surface area contributed by atoms with Crippen molar-refractivity contribution >= 4 is 23.2 Å². The summed E-state index contributed by atoms with van der Waals surface area (Å²) < 4.78 is 13.7. The molecule has 0 unspecified atom stereocenters. The van der Waals surface area contributed by atoms with Gasteiger partial charge in [0.25, 0.3) is 5.91 Å². The Labute approximate surface area is 168 Å². The number of hydrogen-bond donors (Lipinski definition) is 2. The lowest BCUT2D eigenvalue weighted by molar-refractivity contribution is 0.100. The summed E-state index contributed by atoms with van der Waals surface area (Å²) >= 11 is 0. The van der Waals surface area contributed by atoms with E-state index in [1.165, 1.54) is 13.0 Å². The lowest BCUT2D eigenvalue weighted by Gasteiger charge is -2.10. The van der Waals surface area contributed by atoms with Crippen molar-refractivity contribution in [1.29, 1.82) is 0 Å². The van der Waals surface area contributed by atoms with Crippen LogP contribution in [0.25, 0.3) is 0 Å². The molecule has 1 amide bonds. The third-order valence-electron chi connectivity index (χ3n) is 4.26. The molecule has 0 aliphatic carbocycles. The van der Waals surface area contributed by atoms with Gasteiger partial charge < -0.3 is 10.6 Å². The highest BCUT2D eigenvalue weighted by Crippen LogP contribution is 2.14. The predicted octanol–water partition coefficient (Wildman–Crippen LogP) is 4.03. The molecule has 6 nitrogen and oxygen atoms in total. The van der Waals surface area contributed by atoms with Gasteiger partial charge in [-0.2, -0.15) is 0 Å². The number of rotatable bonds is 7. The highest BCUT2D eigenvalue weighted by molar-refractivity contribution is 6.04. The fourth-order valence-electron chi connectivity index (χ4n) is 2.81. The van der Waals surface area contributed by atoms with Crippen molar-refractivity contribution < 1.29 is 14.0 Å². The Hall–Kier alpha value is -3.61. The van der Waals surface area contributed by atoms with Crippen molar-refractivity contribution in [2.24, 2.45) is 0 Å². The molecule has 29 heavy (non-hydrogen) atoms. The molecule has 0 saturated heterocycles. The van der Waals surface area contributed by atoms with Gasteiger partial charge in [-0.15, -0.1) is 0 Å². The highest BCUT2D eigenvalue weighted by atomic mass is 19.1. The molecule has 0 atom stereocenters. The molecule has 0 aliphatic heterocycles. The lowest BCUT2D eigenvalue weighted by Crippen LogP contribution is -2.16. The molecule has 0 radical (unpaired) electrons. The molecule has 1 heterocycles. The smallest absolute Gasteiger partial charge is 0.274 e. The van der Waals surface area contributed by atoms with Crippen LogP contribution in [0.1, 0.15) is 39.2 Å². The van der Waals surface area contributed by atoms with E-state index < -0.39 is 5.91 Å². The normalized spacial score (nSPS) is 10.4. The number of Topliss-reactive ketones (excluding diaryl/α,β-unsaturated/α-hetero) is 1. The first-order chi connectivity index (χ1) is 13.9. The monoisotopic (exact) mass is 392 g/mol. The number of hydrogen-bond acceptors (Lipinski definition) is 5. The fraction of sp³-hybridized carbons (Fsp3) is 0.182. The van der Waals surface area contributed by atoms with Crippen LogP contribution in [0.3, 0.4) is 0 Å². The van der Waals surface area contributed by atoms with Crippen molar-refractivity contribution in [2.75, 3.05) is 17.2 Å². The van der Waals surface area contributed by atoms with Gasteiger partial charge in [0.2, 0.25) is 0 Å². The van der Waals surface area contributed by atoms with Crippen LogP contribution in [0, 0.1) is 12.7 Å². The van der Waals surface area contributed by atoms with Crippen LogP contribution < -0.4 is 10.6 Å². The SMILES string of the molecule is CC(=O)c1cccc(NC(=O)c2cc(NCCc3ccccc3F)nc(C)n2)c1. The van der Waals surface area contributed by atoms with Gasteiger partial charge in [0, 0.05) is 23.9 Å². The standard InChI is InChI=1S/C22H21FN4O2/c1-14(28)17-7-5-8-18(12-17)27-22(29)20-13-21(26-15(2)25-20)24-11-10-16-6-3-4-9-19(16)23/h3-9,12-13H,10-11H2,1-2H3,(H,27,29)(H,24,25,26). The van der Waals surface area contributed by atoms with E-state index in [-0.39, 0.29) is 17.3 Å². The zero-order valence-electron chi connectivity index (χ0n) is 16.2. The number of anilines is 2. The number of aromatic nitrogens is 2. The van der Waals surface area contributed by atoms with E-state index in [0.717, 1.165) is 0 Å². The third-order valence-corrected chi connectivity index (χ3v) is 4.26. The largest absolute Gasteiger partial charge is 0.370 e. The van der Waals surface area contributed by atoms with Gasteiger partial charge in [-0.3, -0.25) is 9.59 Å². The van der Waals surface area contributed by atoms with Crippen molar-refractivity contribution in [1.82, 2.24) is 9.97 Å². The van der Waals surface area contributed by atoms with Gasteiger partial charge in [-0.1, -0.05) is 30.3 Å². The molecule has 0 bridgehead atoms. The first-order valence-corrected chi connectivity index (χ1v) is 9.17. The Morgan fingerprint density at radius 1 is 1.03 bits per heavy atom. The van der Waals surface area contributed by atoms with Crippen molar-refractivity contribution in [2.45, 2.75) is 20.3 Å². The summed E-state index contributed by atoms with van der Waals surface area (Å²) in [5.74, 6) is 0.176. The van der Waals surface area contributed by atoms with Crippen molar-refractivity contribution in [3.63, 3.8) is 0 Å². The van der Waals surface area contributed by atoms with Gasteiger partial charge in [0.1, 0.15) is 23.2 Å². The van der Waals surface area contributed by atoms with Gasteiger partial charge in [0.05, 0.1) is 0 Å². The number of ketones is 1. The van der Waals surface area contributed by atoms with E-state index >= 15 is 0 Å². The average Bonchev–Trinajstić information content (AvgIpc) is 2.69. The molecule has 2 N–H and O–H groups in total. The summed E-state index contributed by atoms with van der Waals surface area (Å²) in [7, 11) is 0. The molecule has 148 valence electrons. The average molecular weight is 392 g/mol. The van der Waals surface area contributed by atoms with Gasteiger partial charge in [-0.05, 0) is 44.0 Å². The summed E-state index contributed by atoms with van der Waals surface area (Å²) in [6, 6.07) is 14.8. The minimum absolute atomic E-state index is 0.0830. The Balaban J connectivity index is 1.68. The summed E-state index contributed by atoms with van der Waals surface area (Å²) in [6.07, 6.45) is 0.481. The minimum atomic E-state index is -0.409. The van der Waals surface area contributed by atoms with Crippen LogP contribution in [-0.2, 0) is 6.42 Å². The summed E-state index contributed by atoms with van der Waals surface area (Å²) in [6.45, 7) is 3.61. The number of nitrogens with zero attached hydrogens (tertiary/aromatic N) is 2. The van der Waals surface area contributed by atoms with Crippen LogP contribution in [0.5, 0.6) is 0 Å². The molecule has 0 aliphatic rings. The molecule has 3 aromatic rings. The molecule has 7 heteroatoms. The predicted molar refractivity (Wildman–Crippen MR) is 110 cm³/mol. The van der Waals surface area contributed by atoms with Crippen molar-refractivity contribution in [3.05, 3.63) is 83.1 Å². The first kappa shape index (κ1) is 20.1. The molecule has 2 aromatic carbocycles. The Morgan fingerprint density at radius 3 is 2.59 bits per heavy atom. The number of carbonyl (C=O) groups is 2. The molecule has 0 saturated carbocycles. The second-order valence-corrected chi connectivity index (χ2v) is 6.54. The van der Waals surface area contributed by atoms with Gasteiger partial charge >= 0.3 is 0 Å². The van der Waals surface area contributed by atoms with Crippen LogP contribution >= 0.6 is 0 Å². The summed E-state index contributed by atoms with van der Waals surface area (Å²) in [5.41, 5.74) is 1.82. The minimum Gasteiger partial charge on any atom is -0.370 e. The second kappa shape index (κ2) is 9.05. The Morgan fingerprint density at radius 2 is 1.83 bits per heavy atom. The summed E-state index contributed by atoms with van der Waals surface area (Å²) in [4.78, 5) is 32.5. The van der Waals surface area contributed by atoms with E-state index in [0.29, 0.717) is 41.4 Å². The van der Waals surface area contributed by atoms with Crippen LogP contribution in [0.2, 0.25) is 0 Å². The zero-order valence-corrected chi connectivity index (χ0v) is 16.2. The third kappa shape index (κ3) is 5.44. The molecular formula is C22H21FN4O2. The number of benzene rings is 2. The quantitative estimate of drug-likeness (QED) is 0.593. The number of halogens is 1. The van der Waals surface area contributed by atoms with Crippen molar-refractivity contribution in [3.8, 4) is 0 Å². The van der Waals surface area contributed by atoms with Crippen LogP contribution in [0.4, 0.5) is 15.9 Å². The molecule has 3 rings (SSSR count).